The molecule has 2 aromatic carbocycles. The summed E-state index contributed by atoms with van der Waals surface area (Å²) in [4.78, 5) is 42.6. The number of carbonyl (C=O) groups excluding carboxylic acids is 1. The summed E-state index contributed by atoms with van der Waals surface area (Å²) in [5.74, 6) is 0.00759. The molecule has 2 aromatic heterocycles. The first-order valence-corrected chi connectivity index (χ1v) is 12.5. The quantitative estimate of drug-likeness (QED) is 0.349. The molecule has 0 bridgehead atoms. The van der Waals surface area contributed by atoms with Crippen LogP contribution < -0.4 is 16.2 Å². The minimum Gasteiger partial charge on any atom is -0.324 e. The Balaban J connectivity index is 1.34. The highest BCUT2D eigenvalue weighted by Crippen LogP contribution is 2.20. The summed E-state index contributed by atoms with van der Waals surface area (Å²) in [6.07, 6.45) is 5.00. The van der Waals surface area contributed by atoms with Crippen LogP contribution >= 0.6 is 0 Å². The van der Waals surface area contributed by atoms with Crippen LogP contribution in [0.3, 0.4) is 0 Å². The van der Waals surface area contributed by atoms with E-state index in [1.54, 1.807) is 30.5 Å². The fraction of sp³-hybridized carbons (Fsp3) is 0.250. The van der Waals surface area contributed by atoms with E-state index in [9.17, 15) is 9.59 Å². The van der Waals surface area contributed by atoms with Gasteiger partial charge in [0.2, 0.25) is 11.9 Å². The molecule has 0 aliphatic carbocycles. The summed E-state index contributed by atoms with van der Waals surface area (Å²) in [5.41, 5.74) is 3.66. The van der Waals surface area contributed by atoms with E-state index >= 15 is 0 Å². The monoisotopic (exact) mass is 510 g/mol. The fourth-order valence-electron chi connectivity index (χ4n) is 4.38. The Morgan fingerprint density at radius 3 is 2.58 bits per heavy atom. The van der Waals surface area contributed by atoms with Crippen molar-refractivity contribution in [1.82, 2.24) is 29.3 Å². The lowest BCUT2D eigenvalue weighted by Gasteiger charge is -2.32. The van der Waals surface area contributed by atoms with Crippen LogP contribution in [0.15, 0.2) is 78.4 Å². The van der Waals surface area contributed by atoms with E-state index in [1.165, 1.54) is 22.4 Å². The second-order valence-electron chi connectivity index (χ2n) is 9.29. The first kappa shape index (κ1) is 25.2. The fourth-order valence-corrected chi connectivity index (χ4v) is 4.38. The minimum atomic E-state index is -0.348. The van der Waals surface area contributed by atoms with Gasteiger partial charge < -0.3 is 20.4 Å². The number of fused-ring (bicyclic) bond motifs is 1. The molecule has 1 amide bonds. The molecule has 38 heavy (non-hydrogen) atoms. The second kappa shape index (κ2) is 11.3. The first-order chi connectivity index (χ1) is 18.5. The molecule has 0 unspecified atom stereocenters. The van der Waals surface area contributed by atoms with Gasteiger partial charge in [0.1, 0.15) is 5.52 Å². The lowest BCUT2D eigenvalue weighted by molar-refractivity contribution is -0.111. The van der Waals surface area contributed by atoms with Crippen molar-refractivity contribution >= 4 is 34.4 Å². The molecule has 4 aromatic rings. The smallest absolute Gasteiger partial charge is 0.275 e. The number of nitrogens with zero attached hydrogens (tertiary/aromatic N) is 6. The van der Waals surface area contributed by atoms with Gasteiger partial charge in [-0.2, -0.15) is 4.98 Å². The molecule has 1 aliphatic rings. The summed E-state index contributed by atoms with van der Waals surface area (Å²) in [6.45, 7) is 8.99. The lowest BCUT2D eigenvalue weighted by Crippen LogP contribution is -2.45. The van der Waals surface area contributed by atoms with Gasteiger partial charge in [-0.25, -0.2) is 9.97 Å². The van der Waals surface area contributed by atoms with E-state index in [0.29, 0.717) is 28.5 Å². The molecule has 194 valence electrons. The van der Waals surface area contributed by atoms with Crippen LogP contribution in [0.25, 0.3) is 16.9 Å². The number of amides is 1. The zero-order chi connectivity index (χ0) is 26.5. The third kappa shape index (κ3) is 5.93. The Labute approximate surface area is 220 Å². The standard InChI is InChI=1S/C28H30N8O2/c1-3-25(37)31-22-5-4-6-23(17-22)36-26(38)19-29-24-18-30-28(33-27(24)36)32-21-9-7-20(8-10-21)11-12-35-15-13-34(2)14-16-35/h3-10,17-19H,1,11-16H2,2H3,(H,31,37)(H,30,32,33). The summed E-state index contributed by atoms with van der Waals surface area (Å²) < 4.78 is 1.44. The van der Waals surface area contributed by atoms with Crippen molar-refractivity contribution in [3.63, 3.8) is 0 Å². The summed E-state index contributed by atoms with van der Waals surface area (Å²) >= 11 is 0. The Bertz CT molecular complexity index is 1510. The van der Waals surface area contributed by atoms with Crippen molar-refractivity contribution < 1.29 is 4.79 Å². The van der Waals surface area contributed by atoms with Crippen molar-refractivity contribution in [2.75, 3.05) is 50.4 Å². The molecule has 0 spiro atoms. The number of benzene rings is 2. The Hall–Kier alpha value is -4.41. The maximum Gasteiger partial charge on any atom is 0.275 e. The molecular weight excluding hydrogens is 480 g/mol. The third-order valence-corrected chi connectivity index (χ3v) is 6.58. The van der Waals surface area contributed by atoms with Gasteiger partial charge >= 0.3 is 0 Å². The number of aromatic nitrogens is 4. The maximum absolute atomic E-state index is 12.8. The number of piperazine rings is 1. The van der Waals surface area contributed by atoms with Crippen LogP contribution in [-0.4, -0.2) is 75.0 Å². The summed E-state index contributed by atoms with van der Waals surface area (Å²) in [6, 6.07) is 15.2. The van der Waals surface area contributed by atoms with Crippen molar-refractivity contribution in [2.45, 2.75) is 6.42 Å². The number of nitrogens with one attached hydrogen (secondary N) is 2. The normalized spacial score (nSPS) is 14.3. The molecule has 10 nitrogen and oxygen atoms in total. The largest absolute Gasteiger partial charge is 0.324 e. The highest BCUT2D eigenvalue weighted by molar-refractivity contribution is 5.99. The second-order valence-corrected chi connectivity index (χ2v) is 9.29. The number of hydrogen-bond donors (Lipinski definition) is 2. The molecule has 0 saturated carbocycles. The van der Waals surface area contributed by atoms with Gasteiger partial charge in [-0.05, 0) is 55.4 Å². The van der Waals surface area contributed by atoms with Gasteiger partial charge in [-0.3, -0.25) is 14.2 Å². The van der Waals surface area contributed by atoms with Gasteiger partial charge in [0.05, 0.1) is 18.1 Å². The van der Waals surface area contributed by atoms with Crippen molar-refractivity contribution in [1.29, 1.82) is 0 Å². The first-order valence-electron chi connectivity index (χ1n) is 12.5. The van der Waals surface area contributed by atoms with Crippen LogP contribution in [0.5, 0.6) is 0 Å². The average Bonchev–Trinajstić information content (AvgIpc) is 2.93. The molecule has 0 radical (unpaired) electrons. The molecule has 2 N–H and O–H groups in total. The van der Waals surface area contributed by atoms with Crippen molar-refractivity contribution in [2.24, 2.45) is 0 Å². The summed E-state index contributed by atoms with van der Waals surface area (Å²) in [5, 5.41) is 5.94. The molecule has 5 rings (SSSR count). The minimum absolute atomic E-state index is 0.340. The molecule has 3 heterocycles. The number of rotatable bonds is 8. The van der Waals surface area contributed by atoms with E-state index < -0.39 is 0 Å². The van der Waals surface area contributed by atoms with Crippen LogP contribution in [-0.2, 0) is 11.2 Å². The van der Waals surface area contributed by atoms with Crippen molar-refractivity contribution in [3.05, 3.63) is 89.5 Å². The lowest BCUT2D eigenvalue weighted by atomic mass is 10.1. The van der Waals surface area contributed by atoms with E-state index in [2.05, 4.69) is 61.1 Å². The van der Waals surface area contributed by atoms with Gasteiger partial charge in [-0.1, -0.05) is 24.8 Å². The number of anilines is 3. The predicted octanol–water partition coefficient (Wildman–Crippen LogP) is 2.83. The topological polar surface area (TPSA) is 108 Å². The van der Waals surface area contributed by atoms with E-state index in [4.69, 9.17) is 0 Å². The number of hydrogen-bond acceptors (Lipinski definition) is 8. The molecule has 0 atom stereocenters. The maximum atomic E-state index is 12.8. The van der Waals surface area contributed by atoms with Crippen LogP contribution in [0.1, 0.15) is 5.56 Å². The van der Waals surface area contributed by atoms with Crippen molar-refractivity contribution in [3.8, 4) is 5.69 Å². The van der Waals surface area contributed by atoms with Crippen LogP contribution in [0.2, 0.25) is 0 Å². The van der Waals surface area contributed by atoms with E-state index in [1.807, 2.05) is 12.1 Å². The SMILES string of the molecule is C=CC(=O)Nc1cccc(-n2c(=O)cnc3cnc(Nc4ccc(CCN5CCN(C)CC5)cc4)nc32)c1. The number of carbonyl (C=O) groups is 1. The Kier molecular flexibility index (Phi) is 7.52. The molecule has 1 fully saturated rings. The summed E-state index contributed by atoms with van der Waals surface area (Å²) in [7, 11) is 2.17. The Morgan fingerprint density at radius 1 is 1.03 bits per heavy atom. The molecular formula is C28H30N8O2. The zero-order valence-electron chi connectivity index (χ0n) is 21.3. The van der Waals surface area contributed by atoms with Gasteiger partial charge in [-0.15, -0.1) is 0 Å². The van der Waals surface area contributed by atoms with Crippen LogP contribution in [0, 0.1) is 0 Å². The molecule has 1 aliphatic heterocycles. The molecule has 10 heteroatoms. The van der Waals surface area contributed by atoms with E-state index in [-0.39, 0.29) is 11.5 Å². The third-order valence-electron chi connectivity index (χ3n) is 6.58. The highest BCUT2D eigenvalue weighted by Gasteiger charge is 2.14. The van der Waals surface area contributed by atoms with Gasteiger partial charge in [0.15, 0.2) is 5.65 Å². The molecule has 1 saturated heterocycles. The predicted molar refractivity (Wildman–Crippen MR) is 149 cm³/mol. The average molecular weight is 511 g/mol. The zero-order valence-corrected chi connectivity index (χ0v) is 21.3. The highest BCUT2D eigenvalue weighted by atomic mass is 16.1. The van der Waals surface area contributed by atoms with Crippen LogP contribution in [0.4, 0.5) is 17.3 Å². The van der Waals surface area contributed by atoms with E-state index in [0.717, 1.165) is 44.8 Å². The number of likely N-dealkylation sites (N-methyl/N-ethyl adjacent to an activating group) is 1. The Morgan fingerprint density at radius 2 is 1.82 bits per heavy atom. The van der Waals surface area contributed by atoms with Gasteiger partial charge in [0.25, 0.3) is 5.56 Å². The van der Waals surface area contributed by atoms with Gasteiger partial charge in [0, 0.05) is 44.1 Å².